The summed E-state index contributed by atoms with van der Waals surface area (Å²) in [5.74, 6) is -0.626. The molecule has 0 aliphatic rings. The summed E-state index contributed by atoms with van der Waals surface area (Å²) in [5.41, 5.74) is 0.161. The fraction of sp³-hybridized carbons (Fsp3) is 0.0667. The molecular weight excluding hydrogens is 270 g/mol. The van der Waals surface area contributed by atoms with Crippen LogP contribution < -0.4 is 5.56 Å². The maximum atomic E-state index is 12.2. The molecule has 0 fully saturated rings. The van der Waals surface area contributed by atoms with Crippen molar-refractivity contribution in [2.75, 3.05) is 0 Å². The molecule has 0 aliphatic carbocycles. The molecule has 6 nitrogen and oxygen atoms in total. The number of hydrogen-bond acceptors (Lipinski definition) is 4. The summed E-state index contributed by atoms with van der Waals surface area (Å²) in [7, 11) is 0. The smallest absolute Gasteiger partial charge is 0.336 e. The van der Waals surface area contributed by atoms with Gasteiger partial charge in [-0.05, 0) is 12.1 Å². The molecule has 2 heterocycles. The van der Waals surface area contributed by atoms with Gasteiger partial charge in [0.1, 0.15) is 5.82 Å². The topological polar surface area (TPSA) is 85.1 Å². The largest absolute Gasteiger partial charge is 0.478 e. The summed E-state index contributed by atoms with van der Waals surface area (Å²) in [6.07, 6.45) is 3.20. The molecule has 1 aromatic carbocycles. The van der Waals surface area contributed by atoms with Gasteiger partial charge in [-0.1, -0.05) is 18.2 Å². The van der Waals surface area contributed by atoms with Gasteiger partial charge in [0.25, 0.3) is 5.56 Å². The average Bonchev–Trinajstić information content (AvgIpc) is 2.50. The Morgan fingerprint density at radius 2 is 1.86 bits per heavy atom. The van der Waals surface area contributed by atoms with E-state index in [1.54, 1.807) is 42.7 Å². The number of nitrogens with zero attached hydrogens (tertiary/aromatic N) is 3. The third-order valence-corrected chi connectivity index (χ3v) is 3.17. The van der Waals surface area contributed by atoms with Crippen molar-refractivity contribution in [3.63, 3.8) is 0 Å². The molecule has 3 rings (SSSR count). The molecule has 0 atom stereocenters. The molecule has 104 valence electrons. The number of aromatic nitrogens is 3. The predicted molar refractivity (Wildman–Crippen MR) is 76.3 cm³/mol. The molecule has 3 aromatic rings. The average molecular weight is 281 g/mol. The third-order valence-electron chi connectivity index (χ3n) is 3.17. The second-order valence-corrected chi connectivity index (χ2v) is 4.47. The van der Waals surface area contributed by atoms with E-state index in [0.717, 1.165) is 6.07 Å². The number of hydrogen-bond donors (Lipinski definition) is 1. The Labute approximate surface area is 119 Å². The molecule has 0 radical (unpaired) electrons. The van der Waals surface area contributed by atoms with Crippen LogP contribution in [0, 0.1) is 0 Å². The first-order valence-corrected chi connectivity index (χ1v) is 6.28. The van der Waals surface area contributed by atoms with E-state index in [1.165, 1.54) is 4.57 Å². The van der Waals surface area contributed by atoms with Crippen LogP contribution in [0.15, 0.2) is 53.6 Å². The number of para-hydroxylation sites is 1. The lowest BCUT2D eigenvalue weighted by Gasteiger charge is -2.11. The lowest BCUT2D eigenvalue weighted by molar-refractivity contribution is 0.0698. The SMILES string of the molecule is O=C(O)c1cc(=O)n(Cc2ncccn2)c2ccccc12. The highest BCUT2D eigenvalue weighted by Crippen LogP contribution is 2.17. The number of benzene rings is 1. The van der Waals surface area contributed by atoms with Crippen LogP contribution in [-0.2, 0) is 6.54 Å². The van der Waals surface area contributed by atoms with Gasteiger partial charge in [-0.3, -0.25) is 4.79 Å². The molecule has 0 spiro atoms. The standard InChI is InChI=1S/C15H11N3O3/c19-14-8-11(15(20)21)10-4-1-2-5-12(10)18(14)9-13-16-6-3-7-17-13/h1-8H,9H2,(H,20,21). The monoisotopic (exact) mass is 281 g/mol. The first-order chi connectivity index (χ1) is 10.2. The molecule has 2 aromatic heterocycles. The van der Waals surface area contributed by atoms with Gasteiger partial charge < -0.3 is 9.67 Å². The van der Waals surface area contributed by atoms with Gasteiger partial charge in [-0.25, -0.2) is 14.8 Å². The number of aromatic carboxylic acids is 1. The summed E-state index contributed by atoms with van der Waals surface area (Å²) >= 11 is 0. The summed E-state index contributed by atoms with van der Waals surface area (Å²) < 4.78 is 1.47. The van der Waals surface area contributed by atoms with Gasteiger partial charge in [0.05, 0.1) is 17.6 Å². The van der Waals surface area contributed by atoms with Crippen LogP contribution in [0.1, 0.15) is 16.2 Å². The van der Waals surface area contributed by atoms with E-state index in [-0.39, 0.29) is 12.1 Å². The van der Waals surface area contributed by atoms with E-state index in [1.807, 2.05) is 0 Å². The van der Waals surface area contributed by atoms with Crippen LogP contribution >= 0.6 is 0 Å². The Hall–Kier alpha value is -3.02. The molecule has 0 amide bonds. The Kier molecular flexibility index (Phi) is 3.19. The third kappa shape index (κ3) is 2.38. The molecular formula is C15H11N3O3. The predicted octanol–water partition coefficient (Wildman–Crippen LogP) is 1.54. The quantitative estimate of drug-likeness (QED) is 0.787. The highest BCUT2D eigenvalue weighted by Gasteiger charge is 2.14. The first-order valence-electron chi connectivity index (χ1n) is 6.28. The number of carbonyl (C=O) groups is 1. The van der Waals surface area contributed by atoms with Gasteiger partial charge >= 0.3 is 5.97 Å². The number of pyridine rings is 1. The van der Waals surface area contributed by atoms with Crippen LogP contribution in [0.3, 0.4) is 0 Å². The minimum Gasteiger partial charge on any atom is -0.478 e. The maximum absolute atomic E-state index is 12.2. The Morgan fingerprint density at radius 3 is 2.57 bits per heavy atom. The van der Waals surface area contributed by atoms with Gasteiger partial charge in [-0.2, -0.15) is 0 Å². The molecule has 21 heavy (non-hydrogen) atoms. The normalized spacial score (nSPS) is 10.7. The molecule has 0 bridgehead atoms. The van der Waals surface area contributed by atoms with Gasteiger partial charge in [0.15, 0.2) is 0 Å². The zero-order chi connectivity index (χ0) is 14.8. The minimum atomic E-state index is -1.12. The minimum absolute atomic E-state index is 0.000769. The fourth-order valence-electron chi connectivity index (χ4n) is 2.23. The van der Waals surface area contributed by atoms with Crippen LogP contribution in [0.2, 0.25) is 0 Å². The van der Waals surface area contributed by atoms with Crippen molar-refractivity contribution in [1.82, 2.24) is 14.5 Å². The molecule has 0 saturated carbocycles. The van der Waals surface area contributed by atoms with Crippen LogP contribution in [0.5, 0.6) is 0 Å². The summed E-state index contributed by atoms with van der Waals surface area (Å²) in [6, 6.07) is 9.72. The van der Waals surface area contributed by atoms with Gasteiger partial charge in [-0.15, -0.1) is 0 Å². The van der Waals surface area contributed by atoms with E-state index in [9.17, 15) is 14.7 Å². The Bertz CT molecular complexity index is 872. The van der Waals surface area contributed by atoms with Crippen molar-refractivity contribution < 1.29 is 9.90 Å². The van der Waals surface area contributed by atoms with E-state index < -0.39 is 11.5 Å². The summed E-state index contributed by atoms with van der Waals surface area (Å²) in [4.78, 5) is 31.7. The van der Waals surface area contributed by atoms with Crippen molar-refractivity contribution in [1.29, 1.82) is 0 Å². The summed E-state index contributed by atoms with van der Waals surface area (Å²) in [5, 5.41) is 9.73. The Balaban J connectivity index is 2.24. The molecule has 0 aliphatic heterocycles. The Morgan fingerprint density at radius 1 is 1.14 bits per heavy atom. The van der Waals surface area contributed by atoms with E-state index in [0.29, 0.717) is 16.7 Å². The zero-order valence-electron chi connectivity index (χ0n) is 10.9. The number of fused-ring (bicyclic) bond motifs is 1. The first kappa shape index (κ1) is 13.0. The van der Waals surface area contributed by atoms with E-state index >= 15 is 0 Å². The highest BCUT2D eigenvalue weighted by molar-refractivity contribution is 6.02. The molecule has 6 heteroatoms. The molecule has 0 saturated heterocycles. The number of carboxylic acids is 1. The fourth-order valence-corrected chi connectivity index (χ4v) is 2.23. The summed E-state index contributed by atoms with van der Waals surface area (Å²) in [6.45, 7) is 0.195. The highest BCUT2D eigenvalue weighted by atomic mass is 16.4. The zero-order valence-corrected chi connectivity index (χ0v) is 10.9. The van der Waals surface area contributed by atoms with Crippen molar-refractivity contribution in [2.45, 2.75) is 6.54 Å². The maximum Gasteiger partial charge on any atom is 0.336 e. The van der Waals surface area contributed by atoms with Crippen molar-refractivity contribution in [3.05, 3.63) is 70.5 Å². The van der Waals surface area contributed by atoms with E-state index in [2.05, 4.69) is 9.97 Å². The number of carboxylic acid groups (broad SMARTS) is 1. The molecule has 1 N–H and O–H groups in total. The second-order valence-electron chi connectivity index (χ2n) is 4.47. The van der Waals surface area contributed by atoms with Crippen LogP contribution in [0.25, 0.3) is 10.9 Å². The van der Waals surface area contributed by atoms with Crippen molar-refractivity contribution in [2.24, 2.45) is 0 Å². The van der Waals surface area contributed by atoms with Gasteiger partial charge in [0.2, 0.25) is 0 Å². The van der Waals surface area contributed by atoms with Crippen LogP contribution in [0.4, 0.5) is 0 Å². The van der Waals surface area contributed by atoms with Crippen molar-refractivity contribution >= 4 is 16.9 Å². The van der Waals surface area contributed by atoms with Crippen molar-refractivity contribution in [3.8, 4) is 0 Å². The second kappa shape index (κ2) is 5.16. The van der Waals surface area contributed by atoms with Crippen LogP contribution in [-0.4, -0.2) is 25.6 Å². The molecule has 0 unspecified atom stereocenters. The lowest BCUT2D eigenvalue weighted by atomic mass is 10.1. The van der Waals surface area contributed by atoms with E-state index in [4.69, 9.17) is 0 Å². The van der Waals surface area contributed by atoms with Gasteiger partial charge in [0, 0.05) is 23.8 Å². The number of rotatable bonds is 3. The lowest BCUT2D eigenvalue weighted by Crippen LogP contribution is -2.23.